The average Bonchev–Trinajstić information content (AvgIpc) is 2.66. The van der Waals surface area contributed by atoms with E-state index in [9.17, 15) is 4.79 Å². The summed E-state index contributed by atoms with van der Waals surface area (Å²) in [5.41, 5.74) is 0. The quantitative estimate of drug-likeness (QED) is 0.567. The summed E-state index contributed by atoms with van der Waals surface area (Å²) in [6.45, 7) is 1.16. The largest absolute Gasteiger partial charge is 0.313 e. The van der Waals surface area contributed by atoms with E-state index in [-0.39, 0.29) is 0 Å². The molecule has 2 nitrogen and oxygen atoms in total. The van der Waals surface area contributed by atoms with Crippen LogP contribution in [0.2, 0.25) is 0 Å². The Morgan fingerprint density at radius 3 is 3.10 bits per heavy atom. The van der Waals surface area contributed by atoms with Gasteiger partial charge in [0.1, 0.15) is 6.29 Å². The Hall–Kier alpha value is -0.370. The van der Waals surface area contributed by atoms with Crippen molar-refractivity contribution in [2.75, 3.05) is 6.54 Å². The van der Waals surface area contributed by atoms with Gasteiger partial charge < -0.3 is 10.1 Å². The van der Waals surface area contributed by atoms with Gasteiger partial charge in [0.15, 0.2) is 0 Å². The van der Waals surface area contributed by atoms with Crippen LogP contribution in [0.1, 0.15) is 19.3 Å². The molecule has 2 rings (SSSR count). The molecule has 1 heterocycles. The number of nitrogens with one attached hydrogen (secondary N) is 1. The van der Waals surface area contributed by atoms with Crippen LogP contribution in [-0.2, 0) is 4.79 Å². The van der Waals surface area contributed by atoms with Crippen LogP contribution in [0.15, 0.2) is 0 Å². The molecule has 3 atom stereocenters. The molecule has 0 aromatic heterocycles. The number of hydrogen-bond donors (Lipinski definition) is 1. The number of carbonyl (C=O) groups is 1. The fourth-order valence-corrected chi connectivity index (χ4v) is 2.18. The van der Waals surface area contributed by atoms with E-state index in [1.54, 1.807) is 0 Å². The molecule has 1 unspecified atom stereocenters. The third kappa shape index (κ3) is 0.870. The van der Waals surface area contributed by atoms with Gasteiger partial charge in [0, 0.05) is 12.5 Å². The number of piperidine rings is 1. The number of fused-ring (bicyclic) bond motifs is 1. The van der Waals surface area contributed by atoms with Crippen LogP contribution in [0, 0.1) is 11.8 Å². The third-order valence-electron chi connectivity index (χ3n) is 2.79. The second-order valence-corrected chi connectivity index (χ2v) is 3.35. The van der Waals surface area contributed by atoms with Crippen molar-refractivity contribution in [1.29, 1.82) is 0 Å². The highest BCUT2D eigenvalue weighted by Gasteiger charge is 2.49. The van der Waals surface area contributed by atoms with Gasteiger partial charge in [-0.1, -0.05) is 0 Å². The lowest BCUT2D eigenvalue weighted by Gasteiger charge is -2.08. The zero-order chi connectivity index (χ0) is 6.97. The standard InChI is InChI=1S/C8H13NO/c10-5-3-7-6-2-1-4-9-8(6)7/h5-9H,1-4H2/t6-,7?,8-/m1/s1. The van der Waals surface area contributed by atoms with E-state index in [0.717, 1.165) is 25.2 Å². The minimum absolute atomic E-state index is 0.694. The molecule has 1 saturated heterocycles. The Bertz CT molecular complexity index is 134. The van der Waals surface area contributed by atoms with Gasteiger partial charge in [-0.15, -0.1) is 0 Å². The highest BCUT2D eigenvalue weighted by molar-refractivity contribution is 5.51. The molecule has 0 amide bonds. The molecule has 2 heteroatoms. The Kier molecular flexibility index (Phi) is 1.49. The fraction of sp³-hybridized carbons (Fsp3) is 0.875. The Morgan fingerprint density at radius 1 is 1.60 bits per heavy atom. The van der Waals surface area contributed by atoms with Gasteiger partial charge in [-0.05, 0) is 31.2 Å². The fourth-order valence-electron chi connectivity index (χ4n) is 2.18. The lowest BCUT2D eigenvalue weighted by molar-refractivity contribution is -0.108. The predicted octanol–water partition coefficient (Wildman–Crippen LogP) is 0.573. The minimum atomic E-state index is 0.694. The summed E-state index contributed by atoms with van der Waals surface area (Å²) < 4.78 is 0. The highest BCUT2D eigenvalue weighted by Crippen LogP contribution is 2.46. The van der Waals surface area contributed by atoms with Crippen molar-refractivity contribution in [2.24, 2.45) is 11.8 Å². The topological polar surface area (TPSA) is 29.1 Å². The van der Waals surface area contributed by atoms with E-state index in [0.29, 0.717) is 12.0 Å². The maximum absolute atomic E-state index is 10.2. The van der Waals surface area contributed by atoms with Crippen LogP contribution >= 0.6 is 0 Å². The smallest absolute Gasteiger partial charge is 0.120 e. The Morgan fingerprint density at radius 2 is 2.50 bits per heavy atom. The second-order valence-electron chi connectivity index (χ2n) is 3.35. The van der Waals surface area contributed by atoms with E-state index in [4.69, 9.17) is 0 Å². The molecule has 1 aliphatic carbocycles. The SMILES string of the molecule is O=CCC1[C@H]2CCCN[C@@H]12. The van der Waals surface area contributed by atoms with E-state index in [2.05, 4.69) is 5.32 Å². The Labute approximate surface area is 61.0 Å². The van der Waals surface area contributed by atoms with Gasteiger partial charge in [-0.2, -0.15) is 0 Å². The predicted molar refractivity (Wildman–Crippen MR) is 38.7 cm³/mol. The van der Waals surface area contributed by atoms with Gasteiger partial charge in [-0.3, -0.25) is 0 Å². The molecule has 2 fully saturated rings. The van der Waals surface area contributed by atoms with Gasteiger partial charge in [-0.25, -0.2) is 0 Å². The van der Waals surface area contributed by atoms with E-state index in [1.165, 1.54) is 12.8 Å². The first-order valence-electron chi connectivity index (χ1n) is 4.10. The van der Waals surface area contributed by atoms with Crippen molar-refractivity contribution in [3.05, 3.63) is 0 Å². The zero-order valence-corrected chi connectivity index (χ0v) is 6.05. The summed E-state index contributed by atoms with van der Waals surface area (Å²) in [5, 5.41) is 3.43. The molecule has 10 heavy (non-hydrogen) atoms. The molecule has 0 aromatic rings. The van der Waals surface area contributed by atoms with E-state index >= 15 is 0 Å². The highest BCUT2D eigenvalue weighted by atomic mass is 16.1. The van der Waals surface area contributed by atoms with Crippen LogP contribution in [0.3, 0.4) is 0 Å². The van der Waals surface area contributed by atoms with E-state index < -0.39 is 0 Å². The lowest BCUT2D eigenvalue weighted by atomic mass is 10.1. The normalized spacial score (nSPS) is 44.2. The lowest BCUT2D eigenvalue weighted by Crippen LogP contribution is -2.24. The van der Waals surface area contributed by atoms with Crippen LogP contribution < -0.4 is 5.32 Å². The Balaban J connectivity index is 1.87. The van der Waals surface area contributed by atoms with Crippen LogP contribution in [0.25, 0.3) is 0 Å². The van der Waals surface area contributed by atoms with Gasteiger partial charge in [0.2, 0.25) is 0 Å². The minimum Gasteiger partial charge on any atom is -0.313 e. The molecule has 56 valence electrons. The number of carbonyl (C=O) groups excluding carboxylic acids is 1. The van der Waals surface area contributed by atoms with Crippen molar-refractivity contribution < 1.29 is 4.79 Å². The summed E-state index contributed by atoms with van der Waals surface area (Å²) in [5.74, 6) is 1.54. The van der Waals surface area contributed by atoms with Crippen LogP contribution in [0.5, 0.6) is 0 Å². The van der Waals surface area contributed by atoms with Gasteiger partial charge in [0.05, 0.1) is 0 Å². The monoisotopic (exact) mass is 139 g/mol. The molecule has 0 radical (unpaired) electrons. The molecule has 0 aromatic carbocycles. The maximum Gasteiger partial charge on any atom is 0.120 e. The molecule has 2 aliphatic rings. The van der Waals surface area contributed by atoms with Crippen molar-refractivity contribution in [1.82, 2.24) is 5.32 Å². The number of aldehydes is 1. The zero-order valence-electron chi connectivity index (χ0n) is 6.05. The second kappa shape index (κ2) is 2.35. The van der Waals surface area contributed by atoms with Crippen molar-refractivity contribution >= 4 is 6.29 Å². The first-order chi connectivity index (χ1) is 4.93. The molecule has 1 saturated carbocycles. The van der Waals surface area contributed by atoms with Gasteiger partial charge >= 0.3 is 0 Å². The molecule has 1 aliphatic heterocycles. The summed E-state index contributed by atoms with van der Waals surface area (Å²) in [6, 6.07) is 0.707. The van der Waals surface area contributed by atoms with Gasteiger partial charge in [0.25, 0.3) is 0 Å². The molecule has 0 spiro atoms. The average molecular weight is 139 g/mol. The number of rotatable bonds is 2. The van der Waals surface area contributed by atoms with Crippen LogP contribution in [0.4, 0.5) is 0 Å². The van der Waals surface area contributed by atoms with Crippen LogP contribution in [-0.4, -0.2) is 18.9 Å². The van der Waals surface area contributed by atoms with E-state index in [1.807, 2.05) is 0 Å². The first kappa shape index (κ1) is 6.35. The molecule has 1 N–H and O–H groups in total. The van der Waals surface area contributed by atoms with Crippen molar-refractivity contribution in [3.63, 3.8) is 0 Å². The van der Waals surface area contributed by atoms with Crippen molar-refractivity contribution in [2.45, 2.75) is 25.3 Å². The summed E-state index contributed by atoms with van der Waals surface area (Å²) in [7, 11) is 0. The number of hydrogen-bond acceptors (Lipinski definition) is 2. The summed E-state index contributed by atoms with van der Waals surface area (Å²) in [6.07, 6.45) is 4.49. The maximum atomic E-state index is 10.2. The first-order valence-corrected chi connectivity index (χ1v) is 4.10. The van der Waals surface area contributed by atoms with Crippen molar-refractivity contribution in [3.8, 4) is 0 Å². The molecular weight excluding hydrogens is 126 g/mol. The molecule has 0 bridgehead atoms. The third-order valence-corrected chi connectivity index (χ3v) is 2.79. The molecular formula is C8H13NO. The summed E-state index contributed by atoms with van der Waals surface area (Å²) >= 11 is 0. The summed E-state index contributed by atoms with van der Waals surface area (Å²) in [4.78, 5) is 10.2.